The topological polar surface area (TPSA) is 42.2 Å². The fourth-order valence-corrected chi connectivity index (χ4v) is 2.60. The van der Waals surface area contributed by atoms with E-state index in [1.807, 2.05) is 18.2 Å². The van der Waals surface area contributed by atoms with Crippen LogP contribution in [0.5, 0.6) is 0 Å². The van der Waals surface area contributed by atoms with E-state index in [0.29, 0.717) is 6.42 Å². The summed E-state index contributed by atoms with van der Waals surface area (Å²) in [4.78, 5) is 10.8. The van der Waals surface area contributed by atoms with Crippen molar-refractivity contribution in [2.24, 2.45) is 5.92 Å². The van der Waals surface area contributed by atoms with Gasteiger partial charge < -0.3 is 9.67 Å². The van der Waals surface area contributed by atoms with Crippen molar-refractivity contribution in [1.29, 1.82) is 0 Å². The minimum absolute atomic E-state index is 0.197. The van der Waals surface area contributed by atoms with Gasteiger partial charge in [0.15, 0.2) is 0 Å². The molecule has 0 atom stereocenters. The molecular formula is C17H19NO2. The Morgan fingerprint density at radius 2 is 1.90 bits per heavy atom. The molecule has 0 saturated heterocycles. The molecule has 0 amide bonds. The summed E-state index contributed by atoms with van der Waals surface area (Å²) in [5.74, 6) is 0.0406. The molecule has 0 bridgehead atoms. The Hall–Kier alpha value is -2.03. The summed E-state index contributed by atoms with van der Waals surface area (Å²) in [6.45, 7) is 1.02. The fourth-order valence-electron chi connectivity index (χ4n) is 2.60. The summed E-state index contributed by atoms with van der Waals surface area (Å²) in [5.41, 5.74) is 3.55. The van der Waals surface area contributed by atoms with Crippen LogP contribution in [0.15, 0.2) is 42.5 Å². The number of benzene rings is 1. The Labute approximate surface area is 118 Å². The summed E-state index contributed by atoms with van der Waals surface area (Å²) in [5, 5.41) is 8.87. The monoisotopic (exact) mass is 269 g/mol. The van der Waals surface area contributed by atoms with Gasteiger partial charge in [0.25, 0.3) is 0 Å². The van der Waals surface area contributed by atoms with Gasteiger partial charge >= 0.3 is 5.97 Å². The molecule has 0 spiro atoms. The molecule has 2 aromatic rings. The van der Waals surface area contributed by atoms with E-state index in [1.165, 1.54) is 24.1 Å². The van der Waals surface area contributed by atoms with Crippen molar-refractivity contribution >= 4 is 5.97 Å². The molecule has 3 nitrogen and oxygen atoms in total. The third-order valence-corrected chi connectivity index (χ3v) is 3.87. The number of hydrogen-bond acceptors (Lipinski definition) is 1. The van der Waals surface area contributed by atoms with Crippen LogP contribution in [-0.2, 0) is 17.8 Å². The molecule has 1 saturated carbocycles. The van der Waals surface area contributed by atoms with Crippen molar-refractivity contribution in [3.05, 3.63) is 48.2 Å². The highest BCUT2D eigenvalue weighted by Gasteiger charge is 2.24. The zero-order valence-electron chi connectivity index (χ0n) is 11.5. The first kappa shape index (κ1) is 13.0. The maximum atomic E-state index is 10.8. The number of aliphatic carboxylic acids is 1. The average molecular weight is 269 g/mol. The van der Waals surface area contributed by atoms with E-state index in [0.717, 1.165) is 18.2 Å². The van der Waals surface area contributed by atoms with Crippen LogP contribution < -0.4 is 0 Å². The maximum Gasteiger partial charge on any atom is 0.303 e. The van der Waals surface area contributed by atoms with Gasteiger partial charge in [-0.05, 0) is 42.9 Å². The minimum Gasteiger partial charge on any atom is -0.481 e. The summed E-state index contributed by atoms with van der Waals surface area (Å²) in [7, 11) is 0. The molecule has 1 aliphatic rings. The largest absolute Gasteiger partial charge is 0.481 e. The van der Waals surface area contributed by atoms with Crippen LogP contribution in [0.4, 0.5) is 0 Å². The Balaban J connectivity index is 1.90. The molecule has 3 rings (SSSR count). The number of rotatable bonds is 6. The Morgan fingerprint density at radius 3 is 2.55 bits per heavy atom. The van der Waals surface area contributed by atoms with E-state index in [1.54, 1.807) is 0 Å². The van der Waals surface area contributed by atoms with Gasteiger partial charge in [0.2, 0.25) is 0 Å². The predicted octanol–water partition coefficient (Wildman–Crippen LogP) is 3.58. The lowest BCUT2D eigenvalue weighted by Crippen LogP contribution is -2.08. The zero-order valence-corrected chi connectivity index (χ0v) is 11.5. The Bertz CT molecular complexity index is 597. The number of aromatic nitrogens is 1. The lowest BCUT2D eigenvalue weighted by Gasteiger charge is -2.13. The van der Waals surface area contributed by atoms with Crippen molar-refractivity contribution in [3.63, 3.8) is 0 Å². The molecule has 1 N–H and O–H groups in total. The lowest BCUT2D eigenvalue weighted by molar-refractivity contribution is -0.136. The van der Waals surface area contributed by atoms with Crippen molar-refractivity contribution in [2.75, 3.05) is 0 Å². The van der Waals surface area contributed by atoms with Crippen LogP contribution in [0.3, 0.4) is 0 Å². The summed E-state index contributed by atoms with van der Waals surface area (Å²) < 4.78 is 2.32. The van der Waals surface area contributed by atoms with E-state index in [2.05, 4.69) is 28.8 Å². The first-order valence-electron chi connectivity index (χ1n) is 7.19. The third kappa shape index (κ3) is 2.93. The predicted molar refractivity (Wildman–Crippen MR) is 78.5 cm³/mol. The molecule has 0 unspecified atom stereocenters. The molecular weight excluding hydrogens is 250 g/mol. The van der Waals surface area contributed by atoms with Gasteiger partial charge in [-0.15, -0.1) is 0 Å². The van der Waals surface area contributed by atoms with Gasteiger partial charge in [-0.25, -0.2) is 0 Å². The van der Waals surface area contributed by atoms with Crippen molar-refractivity contribution < 1.29 is 9.90 Å². The highest BCUT2D eigenvalue weighted by molar-refractivity contribution is 5.67. The summed E-state index contributed by atoms with van der Waals surface area (Å²) in [6.07, 6.45) is 3.40. The van der Waals surface area contributed by atoms with Gasteiger partial charge in [-0.2, -0.15) is 0 Å². The smallest absolute Gasteiger partial charge is 0.303 e. The van der Waals surface area contributed by atoms with Gasteiger partial charge in [0.05, 0.1) is 6.42 Å². The molecule has 3 heteroatoms. The van der Waals surface area contributed by atoms with Gasteiger partial charge in [0, 0.05) is 17.9 Å². The molecule has 1 heterocycles. The number of hydrogen-bond donors (Lipinski definition) is 1. The van der Waals surface area contributed by atoms with Gasteiger partial charge in [0.1, 0.15) is 0 Å². The van der Waals surface area contributed by atoms with Crippen LogP contribution in [-0.4, -0.2) is 15.6 Å². The van der Waals surface area contributed by atoms with Crippen LogP contribution in [0.2, 0.25) is 0 Å². The molecule has 0 aliphatic heterocycles. The van der Waals surface area contributed by atoms with E-state index in [4.69, 9.17) is 5.11 Å². The highest BCUT2D eigenvalue weighted by atomic mass is 16.4. The van der Waals surface area contributed by atoms with Crippen LogP contribution >= 0.6 is 0 Å². The number of nitrogens with zero attached hydrogens (tertiary/aromatic N) is 1. The van der Waals surface area contributed by atoms with Crippen molar-refractivity contribution in [3.8, 4) is 11.3 Å². The number of carboxylic acids is 1. The Kier molecular flexibility index (Phi) is 3.59. The minimum atomic E-state index is -0.731. The maximum absolute atomic E-state index is 10.8. The zero-order chi connectivity index (χ0) is 13.9. The number of carboxylic acid groups (broad SMARTS) is 1. The molecule has 20 heavy (non-hydrogen) atoms. The van der Waals surface area contributed by atoms with E-state index in [9.17, 15) is 4.79 Å². The standard InChI is InChI=1S/C17H19NO2/c19-17(20)11-9-15-8-10-16(14-4-2-1-3-5-14)18(15)12-13-6-7-13/h1-5,8,10,13H,6-7,9,11-12H2,(H,19,20). The van der Waals surface area contributed by atoms with Gasteiger partial charge in [-0.3, -0.25) is 4.79 Å². The van der Waals surface area contributed by atoms with E-state index < -0.39 is 5.97 Å². The van der Waals surface area contributed by atoms with Crippen LogP contribution in [0.1, 0.15) is 25.0 Å². The molecule has 1 aromatic carbocycles. The molecule has 1 fully saturated rings. The van der Waals surface area contributed by atoms with Crippen LogP contribution in [0, 0.1) is 5.92 Å². The molecule has 1 aromatic heterocycles. The van der Waals surface area contributed by atoms with Crippen molar-refractivity contribution in [2.45, 2.75) is 32.2 Å². The van der Waals surface area contributed by atoms with E-state index >= 15 is 0 Å². The molecule has 104 valence electrons. The van der Waals surface area contributed by atoms with Gasteiger partial charge in [-0.1, -0.05) is 30.3 Å². The normalized spacial score (nSPS) is 14.4. The average Bonchev–Trinajstić information content (AvgIpc) is 3.17. The third-order valence-electron chi connectivity index (χ3n) is 3.87. The number of aryl methyl sites for hydroxylation is 1. The molecule has 1 aliphatic carbocycles. The second kappa shape index (κ2) is 5.53. The highest BCUT2D eigenvalue weighted by Crippen LogP contribution is 2.34. The fraction of sp³-hybridized carbons (Fsp3) is 0.353. The van der Waals surface area contributed by atoms with Crippen molar-refractivity contribution in [1.82, 2.24) is 4.57 Å². The second-order valence-corrected chi connectivity index (χ2v) is 5.52. The molecule has 0 radical (unpaired) electrons. The first-order chi connectivity index (χ1) is 9.74. The SMILES string of the molecule is O=C(O)CCc1ccc(-c2ccccc2)n1CC1CC1. The Morgan fingerprint density at radius 1 is 1.15 bits per heavy atom. The van der Waals surface area contributed by atoms with Crippen LogP contribution in [0.25, 0.3) is 11.3 Å². The summed E-state index contributed by atoms with van der Waals surface area (Å²) >= 11 is 0. The quantitative estimate of drug-likeness (QED) is 0.871. The number of carbonyl (C=O) groups is 1. The van der Waals surface area contributed by atoms with E-state index in [-0.39, 0.29) is 6.42 Å². The lowest BCUT2D eigenvalue weighted by atomic mass is 10.1. The summed E-state index contributed by atoms with van der Waals surface area (Å²) in [6, 6.07) is 14.5. The second-order valence-electron chi connectivity index (χ2n) is 5.52. The first-order valence-corrected chi connectivity index (χ1v) is 7.19.